The molecule has 0 saturated carbocycles. The van der Waals surface area contributed by atoms with Gasteiger partial charge in [-0.2, -0.15) is 0 Å². The van der Waals surface area contributed by atoms with E-state index in [-0.39, 0.29) is 11.3 Å². The lowest BCUT2D eigenvalue weighted by Crippen LogP contribution is -2.29. The van der Waals surface area contributed by atoms with E-state index in [1.54, 1.807) is 36.4 Å². The molecule has 1 saturated heterocycles. The summed E-state index contributed by atoms with van der Waals surface area (Å²) in [5.41, 5.74) is 3.51. The minimum absolute atomic E-state index is 0.0828. The number of carbonyl (C=O) groups excluding carboxylic acids is 2. The summed E-state index contributed by atoms with van der Waals surface area (Å²) in [5.74, 6) is -0.305. The summed E-state index contributed by atoms with van der Waals surface area (Å²) in [7, 11) is 4.46. The average Bonchev–Trinajstić information content (AvgIpc) is 3.50. The van der Waals surface area contributed by atoms with Gasteiger partial charge < -0.3 is 24.1 Å². The van der Waals surface area contributed by atoms with Gasteiger partial charge in [0, 0.05) is 5.56 Å². The van der Waals surface area contributed by atoms with Crippen molar-refractivity contribution in [3.05, 3.63) is 76.4 Å². The summed E-state index contributed by atoms with van der Waals surface area (Å²) in [4.78, 5) is 33.5. The van der Waals surface area contributed by atoms with E-state index in [1.165, 1.54) is 37.6 Å². The molecule has 2 heterocycles. The number of aliphatic hydroxyl groups is 1. The number of rotatable bonds is 8. The zero-order valence-corrected chi connectivity index (χ0v) is 24.4. The van der Waals surface area contributed by atoms with Gasteiger partial charge in [-0.15, -0.1) is 0 Å². The highest BCUT2D eigenvalue weighted by Gasteiger charge is 2.48. The number of amides is 1. The molecule has 9 nitrogen and oxygen atoms in total. The van der Waals surface area contributed by atoms with Gasteiger partial charge in [-0.05, 0) is 79.9 Å². The minimum atomic E-state index is -1.03. The van der Waals surface area contributed by atoms with Crippen LogP contribution in [0.4, 0.5) is 5.13 Å². The highest BCUT2D eigenvalue weighted by Crippen LogP contribution is 2.48. The Balaban J connectivity index is 1.76. The number of nitrogens with zero attached hydrogens (tertiary/aromatic N) is 2. The fourth-order valence-electron chi connectivity index (χ4n) is 5.10. The van der Waals surface area contributed by atoms with Crippen molar-refractivity contribution >= 4 is 44.1 Å². The van der Waals surface area contributed by atoms with Crippen molar-refractivity contribution in [1.82, 2.24) is 4.98 Å². The predicted molar refractivity (Wildman–Crippen MR) is 158 cm³/mol. The SMILES string of the molecule is CCOc1ccc(C(O)=C2C(=O)C(=O)N(c3nc4c(C)cc(C)cc4s3)[C@@H]2c2cc(OC)c(OC)c(OC)c2)cc1. The van der Waals surface area contributed by atoms with E-state index in [0.29, 0.717) is 45.9 Å². The summed E-state index contributed by atoms with van der Waals surface area (Å²) < 4.78 is 23.0. The Hall–Kier alpha value is -4.57. The van der Waals surface area contributed by atoms with Crippen molar-refractivity contribution in [2.75, 3.05) is 32.8 Å². The van der Waals surface area contributed by atoms with Crippen LogP contribution in [0.15, 0.2) is 54.1 Å². The number of ketones is 1. The third kappa shape index (κ3) is 4.84. The lowest BCUT2D eigenvalue weighted by molar-refractivity contribution is -0.132. The van der Waals surface area contributed by atoms with E-state index in [1.807, 2.05) is 32.9 Å². The second-order valence-electron chi connectivity index (χ2n) is 9.51. The molecule has 1 aliphatic heterocycles. The first kappa shape index (κ1) is 28.0. The van der Waals surface area contributed by atoms with E-state index in [4.69, 9.17) is 23.9 Å². The molecule has 1 aromatic heterocycles. The van der Waals surface area contributed by atoms with Crippen molar-refractivity contribution < 1.29 is 33.6 Å². The first-order valence-corrected chi connectivity index (χ1v) is 13.8. The number of hydrogen-bond acceptors (Lipinski definition) is 9. The van der Waals surface area contributed by atoms with Crippen molar-refractivity contribution in [2.45, 2.75) is 26.8 Å². The lowest BCUT2D eigenvalue weighted by Gasteiger charge is -2.24. The van der Waals surface area contributed by atoms with Crippen LogP contribution in [0.2, 0.25) is 0 Å². The summed E-state index contributed by atoms with van der Waals surface area (Å²) in [6, 6.07) is 13.0. The molecule has 5 rings (SSSR count). The third-order valence-electron chi connectivity index (χ3n) is 6.91. The van der Waals surface area contributed by atoms with Crippen molar-refractivity contribution in [3.63, 3.8) is 0 Å². The van der Waals surface area contributed by atoms with Crippen molar-refractivity contribution in [3.8, 4) is 23.0 Å². The van der Waals surface area contributed by atoms with Crippen LogP contribution in [0.3, 0.4) is 0 Å². The highest BCUT2D eigenvalue weighted by molar-refractivity contribution is 7.22. The molecule has 0 aliphatic carbocycles. The average molecular weight is 575 g/mol. The maximum absolute atomic E-state index is 13.7. The van der Waals surface area contributed by atoms with E-state index in [2.05, 4.69) is 0 Å². The van der Waals surface area contributed by atoms with Crippen molar-refractivity contribution in [2.24, 2.45) is 0 Å². The zero-order valence-electron chi connectivity index (χ0n) is 23.6. The molecule has 3 aromatic carbocycles. The number of anilines is 1. The van der Waals surface area contributed by atoms with Gasteiger partial charge in [-0.25, -0.2) is 4.98 Å². The monoisotopic (exact) mass is 574 g/mol. The van der Waals surface area contributed by atoms with Gasteiger partial charge in [-0.3, -0.25) is 14.5 Å². The normalized spacial score (nSPS) is 16.3. The van der Waals surface area contributed by atoms with Gasteiger partial charge in [-0.1, -0.05) is 17.4 Å². The molecular formula is C31H30N2O7S. The molecule has 0 radical (unpaired) electrons. The lowest BCUT2D eigenvalue weighted by atomic mass is 9.94. The summed E-state index contributed by atoms with van der Waals surface area (Å²) in [6.45, 7) is 6.30. The smallest absolute Gasteiger partial charge is 0.301 e. The maximum Gasteiger partial charge on any atom is 0.301 e. The summed E-state index contributed by atoms with van der Waals surface area (Å²) in [6.07, 6.45) is 0. The number of methoxy groups -OCH3 is 3. The van der Waals surface area contributed by atoms with Crippen LogP contribution in [-0.2, 0) is 9.59 Å². The summed E-state index contributed by atoms with van der Waals surface area (Å²) >= 11 is 1.31. The molecule has 10 heteroatoms. The molecule has 1 atom stereocenters. The molecule has 0 unspecified atom stereocenters. The van der Waals surface area contributed by atoms with Crippen LogP contribution in [-0.4, -0.2) is 49.7 Å². The van der Waals surface area contributed by atoms with Crippen LogP contribution in [0.5, 0.6) is 23.0 Å². The molecule has 4 aromatic rings. The largest absolute Gasteiger partial charge is 0.507 e. The Morgan fingerprint density at radius 3 is 2.22 bits per heavy atom. The number of fused-ring (bicyclic) bond motifs is 1. The number of aromatic nitrogens is 1. The van der Waals surface area contributed by atoms with Gasteiger partial charge in [0.2, 0.25) is 5.75 Å². The topological polar surface area (TPSA) is 107 Å². The Labute approximate surface area is 241 Å². The summed E-state index contributed by atoms with van der Waals surface area (Å²) in [5, 5.41) is 11.9. The molecule has 1 amide bonds. The van der Waals surface area contributed by atoms with E-state index in [9.17, 15) is 14.7 Å². The molecule has 0 spiro atoms. The van der Waals surface area contributed by atoms with E-state index in [0.717, 1.165) is 21.3 Å². The van der Waals surface area contributed by atoms with Gasteiger partial charge in [0.05, 0.1) is 49.8 Å². The van der Waals surface area contributed by atoms with Crippen LogP contribution in [0.25, 0.3) is 16.0 Å². The van der Waals surface area contributed by atoms with Gasteiger partial charge in [0.25, 0.3) is 5.78 Å². The van der Waals surface area contributed by atoms with Gasteiger partial charge in [0.15, 0.2) is 16.6 Å². The van der Waals surface area contributed by atoms with Crippen LogP contribution >= 0.6 is 11.3 Å². The Kier molecular flexibility index (Phi) is 7.59. The number of aryl methyl sites for hydroxylation is 2. The Bertz CT molecular complexity index is 1670. The zero-order chi connectivity index (χ0) is 29.4. The standard InChI is InChI=1S/C31H30N2O7S/c1-7-40-20-10-8-18(9-11-20)27(34)24-26(19-14-21(37-4)29(39-6)22(15-19)38-5)33(30(36)28(24)35)31-32-25-17(3)12-16(2)13-23(25)41-31/h8-15,26,34H,7H2,1-6H3/t26-/m1/s1. The van der Waals surface area contributed by atoms with Crippen LogP contribution < -0.4 is 23.8 Å². The molecule has 212 valence electrons. The number of ether oxygens (including phenoxy) is 4. The molecule has 1 N–H and O–H groups in total. The van der Waals surface area contributed by atoms with Crippen molar-refractivity contribution in [1.29, 1.82) is 0 Å². The van der Waals surface area contributed by atoms with Crippen LogP contribution in [0, 0.1) is 13.8 Å². The second kappa shape index (κ2) is 11.1. The number of Topliss-reactive ketones (excluding diaryl/α,β-unsaturated/α-hetero) is 1. The molecule has 1 aliphatic rings. The fraction of sp³-hybridized carbons (Fsp3) is 0.258. The Morgan fingerprint density at radius 2 is 1.63 bits per heavy atom. The predicted octanol–water partition coefficient (Wildman–Crippen LogP) is 5.96. The first-order valence-electron chi connectivity index (χ1n) is 12.9. The molecule has 0 bridgehead atoms. The highest BCUT2D eigenvalue weighted by atomic mass is 32.1. The molecule has 41 heavy (non-hydrogen) atoms. The van der Waals surface area contributed by atoms with Gasteiger partial charge >= 0.3 is 5.91 Å². The molecular weight excluding hydrogens is 544 g/mol. The second-order valence-corrected chi connectivity index (χ2v) is 10.5. The fourth-order valence-corrected chi connectivity index (χ4v) is 6.27. The van der Waals surface area contributed by atoms with E-state index >= 15 is 0 Å². The number of thiazole rings is 1. The number of carbonyl (C=O) groups is 2. The first-order chi connectivity index (χ1) is 19.7. The van der Waals surface area contributed by atoms with Crippen LogP contribution in [0.1, 0.15) is 35.2 Å². The van der Waals surface area contributed by atoms with Gasteiger partial charge in [0.1, 0.15) is 11.5 Å². The Morgan fingerprint density at radius 1 is 0.976 bits per heavy atom. The number of aliphatic hydroxyl groups excluding tert-OH is 1. The quantitative estimate of drug-likeness (QED) is 0.156. The van der Waals surface area contributed by atoms with E-state index < -0.39 is 17.7 Å². The third-order valence-corrected chi connectivity index (χ3v) is 7.91. The number of hydrogen-bond donors (Lipinski definition) is 1. The molecule has 1 fully saturated rings. The number of benzene rings is 3. The minimum Gasteiger partial charge on any atom is -0.507 e. The maximum atomic E-state index is 13.7.